The van der Waals surface area contributed by atoms with Gasteiger partial charge in [-0.3, -0.25) is 5.32 Å². The summed E-state index contributed by atoms with van der Waals surface area (Å²) in [6.07, 6.45) is 7.83. The van der Waals surface area contributed by atoms with Crippen LogP contribution in [-0.2, 0) is 0 Å². The van der Waals surface area contributed by atoms with Gasteiger partial charge in [-0.25, -0.2) is 0 Å². The number of nitrogens with one attached hydrogen (secondary N) is 1. The minimum Gasteiger partial charge on any atom is -0.300 e. The van der Waals surface area contributed by atoms with Crippen LogP contribution in [0.5, 0.6) is 0 Å². The van der Waals surface area contributed by atoms with Gasteiger partial charge in [-0.15, -0.1) is 0 Å². The maximum Gasteiger partial charge on any atom is 0.101 e. The van der Waals surface area contributed by atoms with E-state index in [1.54, 1.807) is 0 Å². The van der Waals surface area contributed by atoms with Crippen molar-refractivity contribution in [2.75, 3.05) is 6.54 Å². The molecule has 0 aliphatic heterocycles. The van der Waals surface area contributed by atoms with Gasteiger partial charge in [0.05, 0.1) is 6.07 Å². The summed E-state index contributed by atoms with van der Waals surface area (Å²) >= 11 is 0. The first-order valence-electron chi connectivity index (χ1n) is 5.78. The minimum atomic E-state index is -0.358. The van der Waals surface area contributed by atoms with E-state index in [-0.39, 0.29) is 5.54 Å². The summed E-state index contributed by atoms with van der Waals surface area (Å²) in [5, 5.41) is 12.0. The average molecular weight is 196 g/mol. The van der Waals surface area contributed by atoms with Crippen molar-refractivity contribution >= 4 is 0 Å². The quantitative estimate of drug-likeness (QED) is 0.605. The topological polar surface area (TPSA) is 35.8 Å². The first-order chi connectivity index (χ1) is 6.62. The predicted molar refractivity (Wildman–Crippen MR) is 61.1 cm³/mol. The summed E-state index contributed by atoms with van der Waals surface area (Å²) in [4.78, 5) is 0. The van der Waals surface area contributed by atoms with Crippen molar-refractivity contribution in [1.82, 2.24) is 5.32 Å². The second-order valence-corrected chi connectivity index (χ2v) is 4.43. The van der Waals surface area contributed by atoms with Gasteiger partial charge in [0.15, 0.2) is 0 Å². The Bertz CT molecular complexity index is 168. The fourth-order valence-corrected chi connectivity index (χ4v) is 1.35. The molecule has 0 aliphatic carbocycles. The van der Waals surface area contributed by atoms with Crippen LogP contribution in [-0.4, -0.2) is 12.1 Å². The molecule has 0 spiro atoms. The number of hydrogen-bond donors (Lipinski definition) is 1. The third kappa shape index (κ3) is 8.07. The van der Waals surface area contributed by atoms with Gasteiger partial charge in [0.25, 0.3) is 0 Å². The Hall–Kier alpha value is -0.550. The Morgan fingerprint density at radius 1 is 1.07 bits per heavy atom. The fraction of sp³-hybridized carbons (Fsp3) is 0.917. The Kier molecular flexibility index (Phi) is 7.51. The summed E-state index contributed by atoms with van der Waals surface area (Å²) in [5.74, 6) is 0. The van der Waals surface area contributed by atoms with Crippen molar-refractivity contribution in [3.05, 3.63) is 0 Å². The summed E-state index contributed by atoms with van der Waals surface area (Å²) in [6, 6.07) is 2.24. The Labute approximate surface area is 88.7 Å². The molecule has 0 aromatic heterocycles. The molecule has 0 atom stereocenters. The number of rotatable bonds is 8. The average Bonchev–Trinajstić information content (AvgIpc) is 2.16. The predicted octanol–water partition coefficient (Wildman–Crippen LogP) is 3.24. The van der Waals surface area contributed by atoms with E-state index >= 15 is 0 Å². The normalized spacial score (nSPS) is 11.3. The molecule has 0 unspecified atom stereocenters. The third-order valence-electron chi connectivity index (χ3n) is 2.38. The van der Waals surface area contributed by atoms with E-state index in [0.717, 1.165) is 6.54 Å². The van der Waals surface area contributed by atoms with Crippen LogP contribution < -0.4 is 5.32 Å². The van der Waals surface area contributed by atoms with E-state index in [1.807, 2.05) is 13.8 Å². The van der Waals surface area contributed by atoms with Crippen molar-refractivity contribution in [2.45, 2.75) is 64.8 Å². The Balaban J connectivity index is 3.18. The molecule has 2 nitrogen and oxygen atoms in total. The minimum absolute atomic E-state index is 0.358. The van der Waals surface area contributed by atoms with Gasteiger partial charge in [0, 0.05) is 0 Å². The number of unbranched alkanes of at least 4 members (excludes halogenated alkanes) is 5. The van der Waals surface area contributed by atoms with Crippen LogP contribution >= 0.6 is 0 Å². The third-order valence-corrected chi connectivity index (χ3v) is 2.38. The highest BCUT2D eigenvalue weighted by Crippen LogP contribution is 2.05. The second kappa shape index (κ2) is 7.82. The molecule has 0 radical (unpaired) electrons. The van der Waals surface area contributed by atoms with Crippen molar-refractivity contribution in [2.24, 2.45) is 0 Å². The Morgan fingerprint density at radius 3 is 2.21 bits per heavy atom. The number of hydrogen-bond acceptors (Lipinski definition) is 2. The SMILES string of the molecule is CCCCCCCCNC(C)(C)C#N. The molecule has 0 aliphatic rings. The van der Waals surface area contributed by atoms with Crippen LogP contribution in [0.25, 0.3) is 0 Å². The highest BCUT2D eigenvalue weighted by molar-refractivity contribution is 4.99. The largest absolute Gasteiger partial charge is 0.300 e. The number of nitrogens with zero attached hydrogens (tertiary/aromatic N) is 1. The van der Waals surface area contributed by atoms with Crippen LogP contribution in [0.4, 0.5) is 0 Å². The lowest BCUT2D eigenvalue weighted by Crippen LogP contribution is -2.38. The Morgan fingerprint density at radius 2 is 1.64 bits per heavy atom. The van der Waals surface area contributed by atoms with Crippen molar-refractivity contribution in [3.63, 3.8) is 0 Å². The molecule has 0 rings (SSSR count). The lowest BCUT2D eigenvalue weighted by Gasteiger charge is -2.16. The van der Waals surface area contributed by atoms with Crippen LogP contribution in [0.2, 0.25) is 0 Å². The maximum atomic E-state index is 8.75. The van der Waals surface area contributed by atoms with Crippen molar-refractivity contribution in [1.29, 1.82) is 5.26 Å². The van der Waals surface area contributed by atoms with Crippen LogP contribution in [0.3, 0.4) is 0 Å². The molecular weight excluding hydrogens is 172 g/mol. The molecule has 0 saturated carbocycles. The molecule has 82 valence electrons. The van der Waals surface area contributed by atoms with E-state index in [2.05, 4.69) is 18.3 Å². The van der Waals surface area contributed by atoms with Gasteiger partial charge in [0.2, 0.25) is 0 Å². The molecule has 2 heteroatoms. The second-order valence-electron chi connectivity index (χ2n) is 4.43. The molecule has 0 aromatic rings. The van der Waals surface area contributed by atoms with E-state index in [1.165, 1.54) is 38.5 Å². The van der Waals surface area contributed by atoms with Gasteiger partial charge < -0.3 is 0 Å². The zero-order valence-electron chi connectivity index (χ0n) is 9.90. The molecule has 0 heterocycles. The molecule has 1 N–H and O–H groups in total. The van der Waals surface area contributed by atoms with Crippen molar-refractivity contribution < 1.29 is 0 Å². The molecule has 0 fully saturated rings. The molecule has 0 bridgehead atoms. The standard InChI is InChI=1S/C12H24N2/c1-4-5-6-7-8-9-10-14-12(2,3)11-13/h14H,4-10H2,1-3H3. The van der Waals surface area contributed by atoms with Crippen LogP contribution in [0.1, 0.15) is 59.3 Å². The first kappa shape index (κ1) is 13.4. The highest BCUT2D eigenvalue weighted by atomic mass is 14.9. The van der Waals surface area contributed by atoms with Gasteiger partial charge in [0.1, 0.15) is 5.54 Å². The summed E-state index contributed by atoms with van der Waals surface area (Å²) in [6.45, 7) is 7.04. The van der Waals surface area contributed by atoms with Gasteiger partial charge in [-0.1, -0.05) is 39.0 Å². The molecule has 0 amide bonds. The van der Waals surface area contributed by atoms with E-state index < -0.39 is 0 Å². The molecule has 0 aromatic carbocycles. The number of nitriles is 1. The lowest BCUT2D eigenvalue weighted by molar-refractivity contribution is 0.466. The highest BCUT2D eigenvalue weighted by Gasteiger charge is 2.13. The first-order valence-corrected chi connectivity index (χ1v) is 5.78. The maximum absolute atomic E-state index is 8.75. The van der Waals surface area contributed by atoms with Gasteiger partial charge in [-0.2, -0.15) is 5.26 Å². The fourth-order valence-electron chi connectivity index (χ4n) is 1.35. The van der Waals surface area contributed by atoms with Crippen molar-refractivity contribution in [3.8, 4) is 6.07 Å². The smallest absolute Gasteiger partial charge is 0.101 e. The zero-order valence-corrected chi connectivity index (χ0v) is 9.90. The van der Waals surface area contributed by atoms with E-state index in [9.17, 15) is 0 Å². The summed E-state index contributed by atoms with van der Waals surface area (Å²) in [7, 11) is 0. The summed E-state index contributed by atoms with van der Waals surface area (Å²) in [5.41, 5.74) is -0.358. The van der Waals surface area contributed by atoms with Gasteiger partial charge in [-0.05, 0) is 26.8 Å². The lowest BCUT2D eigenvalue weighted by atomic mass is 10.1. The monoisotopic (exact) mass is 196 g/mol. The zero-order chi connectivity index (χ0) is 10.9. The molecule has 0 saturated heterocycles. The molecular formula is C12H24N2. The summed E-state index contributed by atoms with van der Waals surface area (Å²) < 4.78 is 0. The van der Waals surface area contributed by atoms with Crippen LogP contribution in [0, 0.1) is 11.3 Å². The molecule has 14 heavy (non-hydrogen) atoms. The van der Waals surface area contributed by atoms with E-state index in [0.29, 0.717) is 0 Å². The van der Waals surface area contributed by atoms with Crippen LogP contribution in [0.15, 0.2) is 0 Å². The van der Waals surface area contributed by atoms with E-state index in [4.69, 9.17) is 5.26 Å². The van der Waals surface area contributed by atoms with Gasteiger partial charge >= 0.3 is 0 Å².